The van der Waals surface area contributed by atoms with Crippen molar-refractivity contribution in [1.82, 2.24) is 0 Å². The van der Waals surface area contributed by atoms with Gasteiger partial charge in [0, 0.05) is 23.0 Å². The van der Waals surface area contributed by atoms with Crippen molar-refractivity contribution in [2.24, 2.45) is 0 Å². The SMILES string of the molecule is CCCCCCCCCCCCSCC(=O)[O-].CCCCCCCCCCCCSCC(=O)[O-].CCCCCCCCCCCCSCC(=O)[O-].CCCCCCCCCCCCSCC(=O)[O-].[Sn+4]. The Kier molecular flexibility index (Phi) is 84.3. The number of unbranched alkanes of at least 4 members (excludes halogenated alkanes) is 36. The summed E-state index contributed by atoms with van der Waals surface area (Å²) in [5, 5.41) is 40.6. The van der Waals surface area contributed by atoms with E-state index in [2.05, 4.69) is 27.7 Å². The second-order valence-corrected chi connectivity index (χ2v) is 22.8. The maximum atomic E-state index is 10.1. The monoisotopic (exact) mass is 1160 g/mol. The van der Waals surface area contributed by atoms with Gasteiger partial charge in [-0.25, -0.2) is 0 Å². The van der Waals surface area contributed by atoms with Crippen LogP contribution in [0.5, 0.6) is 0 Å². The molecule has 0 aromatic rings. The fourth-order valence-corrected chi connectivity index (χ4v) is 10.3. The zero-order chi connectivity index (χ0) is 51.1. The van der Waals surface area contributed by atoms with Gasteiger partial charge in [-0.3, -0.25) is 0 Å². The van der Waals surface area contributed by atoms with E-state index in [1.165, 1.54) is 278 Å². The zero-order valence-corrected chi connectivity index (χ0v) is 51.5. The molecule has 0 aliphatic carbocycles. The normalized spacial score (nSPS) is 10.5. The Bertz CT molecular complexity index is 846. The van der Waals surface area contributed by atoms with Crippen LogP contribution in [-0.4, -0.2) is 93.8 Å². The van der Waals surface area contributed by atoms with Gasteiger partial charge < -0.3 is 39.6 Å². The van der Waals surface area contributed by atoms with Crippen LogP contribution in [0, 0.1) is 0 Å². The van der Waals surface area contributed by atoms with Crippen molar-refractivity contribution >= 4 is 94.8 Å². The van der Waals surface area contributed by atoms with Crippen molar-refractivity contribution in [3.05, 3.63) is 0 Å². The van der Waals surface area contributed by atoms with Crippen molar-refractivity contribution in [2.75, 3.05) is 46.0 Å². The Morgan fingerprint density at radius 1 is 0.232 bits per heavy atom. The second-order valence-electron chi connectivity index (χ2n) is 18.4. The molecule has 0 unspecified atom stereocenters. The van der Waals surface area contributed by atoms with Gasteiger partial charge in [-0.1, -0.05) is 259 Å². The van der Waals surface area contributed by atoms with Gasteiger partial charge in [0.25, 0.3) is 0 Å². The molecule has 0 bridgehead atoms. The summed E-state index contributed by atoms with van der Waals surface area (Å²) in [6.07, 6.45) is 53.2. The summed E-state index contributed by atoms with van der Waals surface area (Å²) in [6.45, 7) is 8.99. The average molecular weight is 1160 g/mol. The van der Waals surface area contributed by atoms with Gasteiger partial charge in [0.2, 0.25) is 0 Å². The van der Waals surface area contributed by atoms with E-state index in [4.69, 9.17) is 0 Å². The molecule has 8 nitrogen and oxygen atoms in total. The Balaban J connectivity index is -0.000000263. The van der Waals surface area contributed by atoms with Crippen molar-refractivity contribution in [3.63, 3.8) is 0 Å². The second kappa shape index (κ2) is 74.6. The number of carboxylic acid groups (broad SMARTS) is 4. The molecule has 0 heterocycles. The minimum absolute atomic E-state index is 0. The van der Waals surface area contributed by atoms with Crippen LogP contribution < -0.4 is 20.4 Å². The van der Waals surface area contributed by atoms with Gasteiger partial charge in [-0.05, 0) is 48.7 Å². The first kappa shape index (κ1) is 78.0. The number of carbonyl (C=O) groups excluding carboxylic acids is 4. The number of aliphatic carboxylic acids is 4. The maximum absolute atomic E-state index is 10.1. The first-order valence-corrected chi connectivity index (χ1v) is 32.8. The molecule has 0 saturated carbocycles. The molecule has 0 saturated heterocycles. The first-order valence-electron chi connectivity index (χ1n) is 28.2. The Morgan fingerprint density at radius 2 is 0.348 bits per heavy atom. The van der Waals surface area contributed by atoms with E-state index in [0.717, 1.165) is 48.7 Å². The van der Waals surface area contributed by atoms with E-state index in [1.807, 2.05) is 0 Å². The maximum Gasteiger partial charge on any atom is 4.00 e. The van der Waals surface area contributed by atoms with Crippen molar-refractivity contribution in [3.8, 4) is 0 Å². The molecule has 0 atom stereocenters. The molecule has 0 rings (SSSR count). The van der Waals surface area contributed by atoms with Crippen LogP contribution in [0.2, 0.25) is 0 Å². The molecule has 0 fully saturated rings. The van der Waals surface area contributed by atoms with Crippen molar-refractivity contribution in [2.45, 2.75) is 285 Å². The van der Waals surface area contributed by atoms with Crippen molar-refractivity contribution in [1.29, 1.82) is 0 Å². The molecule has 0 aliphatic rings. The standard InChI is InChI=1S/4C14H28O2S.Sn/c4*1-2-3-4-5-6-7-8-9-10-11-12-17-13-14(15)16;/h4*2-13H2,1H3,(H,15,16);/q;;;;+4/p-4. The van der Waals surface area contributed by atoms with E-state index < -0.39 is 23.9 Å². The molecular weight excluding hydrogens is 1050 g/mol. The third kappa shape index (κ3) is 94.5. The number of carboxylic acids is 4. The number of thioether (sulfide) groups is 4. The smallest absolute Gasteiger partial charge is 0.549 e. The van der Waals surface area contributed by atoms with Gasteiger partial charge in [0.05, 0.1) is 23.9 Å². The summed E-state index contributed by atoms with van der Waals surface area (Å²) in [4.78, 5) is 40.6. The summed E-state index contributed by atoms with van der Waals surface area (Å²) in [5.74, 6) is 0.682. The molecular formula is C56H108O8S4Sn. The van der Waals surface area contributed by atoms with Crippen LogP contribution in [0.3, 0.4) is 0 Å². The van der Waals surface area contributed by atoms with Crippen LogP contribution in [0.1, 0.15) is 285 Å². The third-order valence-corrected chi connectivity index (χ3v) is 15.5. The van der Waals surface area contributed by atoms with Crippen LogP contribution in [0.15, 0.2) is 0 Å². The number of carbonyl (C=O) groups is 4. The Hall–Kier alpha value is 0.0787. The minimum atomic E-state index is -0.943. The Morgan fingerprint density at radius 3 is 0.464 bits per heavy atom. The first-order chi connectivity index (χ1) is 33.1. The van der Waals surface area contributed by atoms with Crippen molar-refractivity contribution < 1.29 is 39.6 Å². The number of hydrogen-bond donors (Lipinski definition) is 0. The fraction of sp³-hybridized carbons (Fsp3) is 0.929. The van der Waals surface area contributed by atoms with Crippen LogP contribution in [0.25, 0.3) is 0 Å². The van der Waals surface area contributed by atoms with Gasteiger partial charge in [0.1, 0.15) is 0 Å². The summed E-state index contributed by atoms with van der Waals surface area (Å²) in [5.41, 5.74) is 0. The molecule has 13 heteroatoms. The van der Waals surface area contributed by atoms with E-state index in [9.17, 15) is 39.6 Å². The van der Waals surface area contributed by atoms with E-state index in [-0.39, 0.29) is 46.9 Å². The van der Waals surface area contributed by atoms with Crippen LogP contribution >= 0.6 is 47.0 Å². The molecule has 0 amide bonds. The van der Waals surface area contributed by atoms with Crippen LogP contribution in [-0.2, 0) is 19.2 Å². The summed E-state index contributed by atoms with van der Waals surface area (Å²) < 4.78 is 0. The van der Waals surface area contributed by atoms with Gasteiger partial charge in [0.15, 0.2) is 0 Å². The third-order valence-electron chi connectivity index (χ3n) is 11.4. The molecule has 69 heavy (non-hydrogen) atoms. The quantitative estimate of drug-likeness (QED) is 0.0419. The summed E-state index contributed by atoms with van der Waals surface area (Å²) in [6, 6.07) is 0. The molecule has 0 aromatic carbocycles. The van der Waals surface area contributed by atoms with Crippen LogP contribution in [0.4, 0.5) is 0 Å². The summed E-state index contributed by atoms with van der Waals surface area (Å²) >= 11 is 5.91. The number of hydrogen-bond acceptors (Lipinski definition) is 12. The predicted molar refractivity (Wildman–Crippen MR) is 302 cm³/mol. The predicted octanol–water partition coefficient (Wildman–Crippen LogP) is 13.2. The zero-order valence-electron chi connectivity index (χ0n) is 45.3. The molecule has 0 N–H and O–H groups in total. The van der Waals surface area contributed by atoms with Gasteiger partial charge in [-0.2, -0.15) is 47.0 Å². The molecule has 0 spiro atoms. The molecule has 0 aromatic heterocycles. The molecule has 0 radical (unpaired) electrons. The van der Waals surface area contributed by atoms with E-state index in [1.54, 1.807) is 0 Å². The van der Waals surface area contributed by atoms with E-state index in [0.29, 0.717) is 0 Å². The summed E-state index contributed by atoms with van der Waals surface area (Å²) in [7, 11) is 0. The number of rotatable bonds is 52. The molecule has 408 valence electrons. The minimum Gasteiger partial charge on any atom is -0.549 e. The average Bonchev–Trinajstić information content (AvgIpc) is 3.30. The Labute approximate surface area is 461 Å². The molecule has 0 aliphatic heterocycles. The van der Waals surface area contributed by atoms with Gasteiger partial charge >= 0.3 is 23.9 Å². The topological polar surface area (TPSA) is 161 Å². The van der Waals surface area contributed by atoms with Gasteiger partial charge in [-0.15, -0.1) is 0 Å². The fourth-order valence-electron chi connectivity index (χ4n) is 7.39. The van der Waals surface area contributed by atoms with E-state index >= 15 is 0 Å². The largest absolute Gasteiger partial charge is 4.00 e.